The predicted octanol–water partition coefficient (Wildman–Crippen LogP) is 5.25. The van der Waals surface area contributed by atoms with Crippen LogP contribution in [0.4, 0.5) is 0 Å². The third kappa shape index (κ3) is 6.12. The number of carbonyl (C=O) groups excluding carboxylic acids is 2. The molecular weight excluding hydrogens is 438 g/mol. The molecule has 6 heteroatoms. The van der Waals surface area contributed by atoms with Gasteiger partial charge in [0.15, 0.2) is 0 Å². The molecule has 0 aliphatic heterocycles. The van der Waals surface area contributed by atoms with Gasteiger partial charge < -0.3 is 10.1 Å². The number of ether oxygens (including phenoxy) is 1. The summed E-state index contributed by atoms with van der Waals surface area (Å²) >= 11 is 0. The molecule has 0 unspecified atom stereocenters. The molecule has 1 atom stereocenters. The van der Waals surface area contributed by atoms with E-state index in [1.54, 1.807) is 30.5 Å². The Morgan fingerprint density at radius 3 is 2.23 bits per heavy atom. The van der Waals surface area contributed by atoms with Crippen LogP contribution in [0.25, 0.3) is 10.8 Å². The lowest BCUT2D eigenvalue weighted by molar-refractivity contribution is -0.121. The Balaban J connectivity index is 1.46. The summed E-state index contributed by atoms with van der Waals surface area (Å²) in [6.45, 7) is 2.53. The van der Waals surface area contributed by atoms with Gasteiger partial charge in [0.05, 0.1) is 25.3 Å². The van der Waals surface area contributed by atoms with E-state index in [1.807, 2.05) is 79.7 Å². The molecule has 0 heterocycles. The van der Waals surface area contributed by atoms with Gasteiger partial charge in [-0.05, 0) is 42.1 Å². The van der Waals surface area contributed by atoms with Crippen molar-refractivity contribution < 1.29 is 14.3 Å². The monoisotopic (exact) mass is 465 g/mol. The van der Waals surface area contributed by atoms with E-state index in [1.165, 1.54) is 0 Å². The van der Waals surface area contributed by atoms with Gasteiger partial charge in [0.25, 0.3) is 5.91 Å². The second-order valence-corrected chi connectivity index (χ2v) is 7.93. The third-order valence-corrected chi connectivity index (χ3v) is 5.54. The molecule has 0 fully saturated rings. The Morgan fingerprint density at radius 1 is 0.857 bits per heavy atom. The maximum absolute atomic E-state index is 12.7. The lowest BCUT2D eigenvalue weighted by atomic mass is 10.0. The SMILES string of the molecule is CCOc1ccc(/C=N\NC(=O)C[C@@H](NC(=O)c2ccccc2)c2ccccc2)c2ccccc12. The number of nitrogens with one attached hydrogen (secondary N) is 2. The molecule has 35 heavy (non-hydrogen) atoms. The molecule has 0 bridgehead atoms. The molecule has 4 aromatic carbocycles. The van der Waals surface area contributed by atoms with Gasteiger partial charge in [-0.25, -0.2) is 5.43 Å². The highest BCUT2D eigenvalue weighted by Gasteiger charge is 2.19. The lowest BCUT2D eigenvalue weighted by Crippen LogP contribution is -2.32. The average molecular weight is 466 g/mol. The zero-order chi connectivity index (χ0) is 24.5. The Hall–Kier alpha value is -4.45. The summed E-state index contributed by atoms with van der Waals surface area (Å²) in [5, 5.41) is 9.10. The molecule has 4 aromatic rings. The van der Waals surface area contributed by atoms with Gasteiger partial charge in [-0.15, -0.1) is 0 Å². The van der Waals surface area contributed by atoms with Crippen LogP contribution in [-0.4, -0.2) is 24.6 Å². The van der Waals surface area contributed by atoms with Gasteiger partial charge in [-0.1, -0.05) is 72.8 Å². The van der Waals surface area contributed by atoms with Crippen molar-refractivity contribution in [2.75, 3.05) is 6.61 Å². The first-order valence-electron chi connectivity index (χ1n) is 11.5. The van der Waals surface area contributed by atoms with E-state index >= 15 is 0 Å². The molecule has 2 N–H and O–H groups in total. The summed E-state index contributed by atoms with van der Waals surface area (Å²) < 4.78 is 5.72. The highest BCUT2D eigenvalue weighted by atomic mass is 16.5. The summed E-state index contributed by atoms with van der Waals surface area (Å²) in [7, 11) is 0. The van der Waals surface area contributed by atoms with Gasteiger partial charge in [-0.3, -0.25) is 9.59 Å². The van der Waals surface area contributed by atoms with Gasteiger partial charge in [-0.2, -0.15) is 5.10 Å². The predicted molar refractivity (Wildman–Crippen MR) is 139 cm³/mol. The summed E-state index contributed by atoms with van der Waals surface area (Å²) in [5.41, 5.74) is 4.84. The Labute approximate surface area is 204 Å². The van der Waals surface area contributed by atoms with Crippen LogP contribution in [0.1, 0.15) is 40.9 Å². The highest BCUT2D eigenvalue weighted by Crippen LogP contribution is 2.27. The fourth-order valence-corrected chi connectivity index (χ4v) is 3.86. The van der Waals surface area contributed by atoms with E-state index in [9.17, 15) is 9.59 Å². The fourth-order valence-electron chi connectivity index (χ4n) is 3.86. The standard InChI is InChI=1S/C29H27N3O3/c1-2-35-27-18-17-23(24-15-9-10-16-25(24)27)20-30-32-28(33)19-26(21-11-5-3-6-12-21)31-29(34)22-13-7-4-8-14-22/h3-18,20,26H,2,19H2,1H3,(H,31,34)(H,32,33)/b30-20-/t26-/m1/s1. The van der Waals surface area contributed by atoms with Crippen molar-refractivity contribution in [2.45, 2.75) is 19.4 Å². The second kappa shape index (κ2) is 11.6. The first kappa shape index (κ1) is 23.7. The Bertz CT molecular complexity index is 1320. The fraction of sp³-hybridized carbons (Fsp3) is 0.138. The van der Waals surface area contributed by atoms with E-state index < -0.39 is 6.04 Å². The van der Waals surface area contributed by atoms with Crippen molar-refractivity contribution in [3.05, 3.63) is 114 Å². The molecule has 0 aromatic heterocycles. The second-order valence-electron chi connectivity index (χ2n) is 7.93. The van der Waals surface area contributed by atoms with Crippen molar-refractivity contribution >= 4 is 28.8 Å². The maximum Gasteiger partial charge on any atom is 0.251 e. The van der Waals surface area contributed by atoms with E-state index in [2.05, 4.69) is 15.8 Å². The molecular formula is C29H27N3O3. The van der Waals surface area contributed by atoms with Crippen molar-refractivity contribution in [1.82, 2.24) is 10.7 Å². The van der Waals surface area contributed by atoms with Gasteiger partial charge in [0.2, 0.25) is 5.91 Å². The van der Waals surface area contributed by atoms with Crippen LogP contribution in [0.5, 0.6) is 5.75 Å². The van der Waals surface area contributed by atoms with E-state index in [-0.39, 0.29) is 18.2 Å². The molecule has 0 aliphatic carbocycles. The first-order chi connectivity index (χ1) is 17.2. The highest BCUT2D eigenvalue weighted by molar-refractivity contribution is 6.02. The minimum atomic E-state index is -0.495. The van der Waals surface area contributed by atoms with Crippen LogP contribution >= 0.6 is 0 Å². The third-order valence-electron chi connectivity index (χ3n) is 5.54. The topological polar surface area (TPSA) is 79.8 Å². The molecule has 0 radical (unpaired) electrons. The molecule has 6 nitrogen and oxygen atoms in total. The van der Waals surface area contributed by atoms with Crippen LogP contribution < -0.4 is 15.5 Å². The van der Waals surface area contributed by atoms with E-state index in [4.69, 9.17) is 4.74 Å². The number of hydrogen-bond donors (Lipinski definition) is 2. The number of carbonyl (C=O) groups is 2. The maximum atomic E-state index is 12.7. The molecule has 0 saturated heterocycles. The quantitative estimate of drug-likeness (QED) is 0.262. The van der Waals surface area contributed by atoms with Crippen LogP contribution in [0.2, 0.25) is 0 Å². The van der Waals surface area contributed by atoms with Gasteiger partial charge in [0, 0.05) is 16.5 Å². The van der Waals surface area contributed by atoms with Crippen molar-refractivity contribution in [3.8, 4) is 5.75 Å². The number of amides is 2. The minimum absolute atomic E-state index is 0.0456. The molecule has 4 rings (SSSR count). The molecule has 176 valence electrons. The number of fused-ring (bicyclic) bond motifs is 1. The first-order valence-corrected chi connectivity index (χ1v) is 11.5. The molecule has 0 spiro atoms. The van der Waals surface area contributed by atoms with Crippen molar-refractivity contribution in [3.63, 3.8) is 0 Å². The van der Waals surface area contributed by atoms with Crippen LogP contribution in [-0.2, 0) is 4.79 Å². The zero-order valence-corrected chi connectivity index (χ0v) is 19.5. The number of hydrogen-bond acceptors (Lipinski definition) is 4. The normalized spacial score (nSPS) is 11.8. The van der Waals surface area contributed by atoms with Gasteiger partial charge in [0.1, 0.15) is 5.75 Å². The molecule has 0 aliphatic rings. The summed E-state index contributed by atoms with van der Waals surface area (Å²) in [5.74, 6) is 0.263. The minimum Gasteiger partial charge on any atom is -0.493 e. The molecule has 2 amide bonds. The smallest absolute Gasteiger partial charge is 0.251 e. The Kier molecular flexibility index (Phi) is 7.86. The number of benzene rings is 4. The summed E-state index contributed by atoms with van der Waals surface area (Å²) in [4.78, 5) is 25.5. The number of hydrazone groups is 1. The van der Waals surface area contributed by atoms with Crippen LogP contribution in [0.3, 0.4) is 0 Å². The van der Waals surface area contributed by atoms with Crippen LogP contribution in [0, 0.1) is 0 Å². The van der Waals surface area contributed by atoms with Crippen molar-refractivity contribution in [2.24, 2.45) is 5.10 Å². The van der Waals surface area contributed by atoms with Crippen LogP contribution in [0.15, 0.2) is 102 Å². The lowest BCUT2D eigenvalue weighted by Gasteiger charge is -2.18. The summed E-state index contributed by atoms with van der Waals surface area (Å²) in [6, 6.07) is 29.6. The Morgan fingerprint density at radius 2 is 1.51 bits per heavy atom. The van der Waals surface area contributed by atoms with E-state index in [0.717, 1.165) is 27.6 Å². The largest absolute Gasteiger partial charge is 0.493 e. The van der Waals surface area contributed by atoms with Gasteiger partial charge >= 0.3 is 0 Å². The van der Waals surface area contributed by atoms with E-state index in [0.29, 0.717) is 12.2 Å². The number of nitrogens with zero attached hydrogens (tertiary/aromatic N) is 1. The number of rotatable bonds is 9. The summed E-state index contributed by atoms with van der Waals surface area (Å²) in [6.07, 6.45) is 1.67. The zero-order valence-electron chi connectivity index (χ0n) is 19.5. The average Bonchev–Trinajstić information content (AvgIpc) is 2.90. The van der Waals surface area contributed by atoms with Crippen molar-refractivity contribution in [1.29, 1.82) is 0 Å². The molecule has 0 saturated carbocycles.